The van der Waals surface area contributed by atoms with E-state index in [2.05, 4.69) is 10.1 Å². The third-order valence-electron chi connectivity index (χ3n) is 2.35. The maximum atomic E-state index is 11.9. The third kappa shape index (κ3) is 2.41. The van der Waals surface area contributed by atoms with Gasteiger partial charge >= 0.3 is 17.9 Å². The summed E-state index contributed by atoms with van der Waals surface area (Å²) in [6.45, 7) is 2.82. The molecule has 2 atom stereocenters. The lowest BCUT2D eigenvalue weighted by Crippen LogP contribution is -2.57. The first kappa shape index (κ1) is 13.9. The van der Waals surface area contributed by atoms with Crippen molar-refractivity contribution >= 4 is 23.8 Å². The van der Waals surface area contributed by atoms with E-state index in [1.54, 1.807) is 6.92 Å². The molecular weight excluding hydrogens is 246 g/mol. The number of likely N-dealkylation sites (N-methyl/N-ethyl adjacent to an activating group) is 1. The van der Waals surface area contributed by atoms with Crippen LogP contribution in [-0.4, -0.2) is 47.2 Å². The highest BCUT2D eigenvalue weighted by molar-refractivity contribution is 6.00. The smallest absolute Gasteiger partial charge is 0.349 e. The number of carbonyl (C=O) groups is 4. The lowest BCUT2D eigenvalue weighted by molar-refractivity contribution is -0.181. The molecule has 0 aromatic carbocycles. The highest BCUT2D eigenvalue weighted by atomic mass is 16.6. The number of ether oxygens (including phenoxy) is 2. The molecule has 0 radical (unpaired) electrons. The molecule has 1 aliphatic rings. The van der Waals surface area contributed by atoms with E-state index in [1.807, 2.05) is 0 Å². The van der Waals surface area contributed by atoms with Gasteiger partial charge in [0.1, 0.15) is 0 Å². The molecule has 0 aromatic rings. The minimum atomic E-state index is -2.13. The Morgan fingerprint density at radius 1 is 1.56 bits per heavy atom. The molecule has 0 aromatic heterocycles. The van der Waals surface area contributed by atoms with Gasteiger partial charge in [0.25, 0.3) is 5.91 Å². The van der Waals surface area contributed by atoms with Gasteiger partial charge in [-0.2, -0.15) is 0 Å². The molecule has 1 unspecified atom stereocenters. The monoisotopic (exact) mass is 259 g/mol. The number of esters is 2. The van der Waals surface area contributed by atoms with E-state index in [4.69, 9.17) is 9.84 Å². The van der Waals surface area contributed by atoms with Gasteiger partial charge in [-0.3, -0.25) is 14.4 Å². The maximum absolute atomic E-state index is 11.9. The number of amides is 1. The van der Waals surface area contributed by atoms with Crippen molar-refractivity contribution in [3.05, 3.63) is 0 Å². The van der Waals surface area contributed by atoms with Gasteiger partial charge in [0.15, 0.2) is 0 Å². The molecule has 0 spiro atoms. The van der Waals surface area contributed by atoms with Crippen LogP contribution in [0.2, 0.25) is 0 Å². The van der Waals surface area contributed by atoms with Crippen molar-refractivity contribution in [1.82, 2.24) is 5.32 Å². The Morgan fingerprint density at radius 3 is 2.61 bits per heavy atom. The molecule has 100 valence electrons. The summed E-state index contributed by atoms with van der Waals surface area (Å²) in [5.41, 5.74) is -2.13. The number of hydrogen-bond acceptors (Lipinski definition) is 6. The molecule has 1 rings (SSSR count). The Balaban J connectivity index is 3.16. The van der Waals surface area contributed by atoms with Crippen LogP contribution in [0.3, 0.4) is 0 Å². The Labute approximate surface area is 102 Å². The van der Waals surface area contributed by atoms with Crippen LogP contribution in [-0.2, 0) is 28.7 Å². The number of nitrogens with one attached hydrogen (secondary N) is 1. The fourth-order valence-corrected chi connectivity index (χ4v) is 1.73. The van der Waals surface area contributed by atoms with E-state index in [0.29, 0.717) is 0 Å². The van der Waals surface area contributed by atoms with Crippen LogP contribution in [0.1, 0.15) is 20.3 Å². The summed E-state index contributed by atoms with van der Waals surface area (Å²) >= 11 is 0. The molecule has 0 saturated carbocycles. The molecule has 0 bridgehead atoms. The van der Waals surface area contributed by atoms with Crippen molar-refractivity contribution in [2.24, 2.45) is 0 Å². The molecule has 1 aliphatic heterocycles. The fourth-order valence-electron chi connectivity index (χ4n) is 1.73. The van der Waals surface area contributed by atoms with Gasteiger partial charge in [-0.25, -0.2) is 4.79 Å². The first-order chi connectivity index (χ1) is 8.33. The van der Waals surface area contributed by atoms with Gasteiger partial charge < -0.3 is 19.9 Å². The van der Waals surface area contributed by atoms with Crippen molar-refractivity contribution in [2.75, 3.05) is 6.54 Å². The minimum absolute atomic E-state index is 0.197. The summed E-state index contributed by atoms with van der Waals surface area (Å²) in [6, 6.07) is 0. The predicted octanol–water partition coefficient (Wildman–Crippen LogP) is -1.18. The van der Waals surface area contributed by atoms with E-state index in [1.165, 1.54) is 0 Å². The standard InChI is InChI=1S/C10H13NO7/c1-3-11-9(16)10(18-5(2)12)4-6(13)17-7(10)8(14)15/h7H,3-4H2,1-2H3,(H,11,16)(H,14,15)/t7?,10-/m0/s1. The Morgan fingerprint density at radius 2 is 2.17 bits per heavy atom. The van der Waals surface area contributed by atoms with Crippen LogP contribution in [0.5, 0.6) is 0 Å². The van der Waals surface area contributed by atoms with E-state index >= 15 is 0 Å². The number of hydrogen-bond donors (Lipinski definition) is 2. The summed E-state index contributed by atoms with van der Waals surface area (Å²) in [7, 11) is 0. The van der Waals surface area contributed by atoms with Gasteiger partial charge in [0.05, 0.1) is 6.42 Å². The van der Waals surface area contributed by atoms with Gasteiger partial charge in [0, 0.05) is 13.5 Å². The average Bonchev–Trinajstić information content (AvgIpc) is 2.56. The number of carbonyl (C=O) groups excluding carboxylic acids is 3. The van der Waals surface area contributed by atoms with Crippen molar-refractivity contribution in [3.8, 4) is 0 Å². The summed E-state index contributed by atoms with van der Waals surface area (Å²) in [6.07, 6.45) is -2.45. The summed E-state index contributed by atoms with van der Waals surface area (Å²) < 4.78 is 9.31. The third-order valence-corrected chi connectivity index (χ3v) is 2.35. The van der Waals surface area contributed by atoms with Crippen molar-refractivity contribution < 1.29 is 33.8 Å². The summed E-state index contributed by atoms with van der Waals surface area (Å²) in [5.74, 6) is -4.19. The largest absolute Gasteiger partial charge is 0.478 e. The first-order valence-electron chi connectivity index (χ1n) is 5.23. The molecule has 8 nitrogen and oxygen atoms in total. The second-order valence-electron chi connectivity index (χ2n) is 3.73. The van der Waals surface area contributed by atoms with Crippen LogP contribution < -0.4 is 5.32 Å². The van der Waals surface area contributed by atoms with Crippen molar-refractivity contribution in [3.63, 3.8) is 0 Å². The van der Waals surface area contributed by atoms with Crippen LogP contribution in [0, 0.1) is 0 Å². The number of carboxylic acids is 1. The second-order valence-corrected chi connectivity index (χ2v) is 3.73. The molecule has 1 fully saturated rings. The number of aliphatic carboxylic acids is 1. The minimum Gasteiger partial charge on any atom is -0.478 e. The van der Waals surface area contributed by atoms with E-state index in [0.717, 1.165) is 6.92 Å². The molecule has 1 heterocycles. The molecule has 1 saturated heterocycles. The SMILES string of the molecule is CCNC(=O)[C@]1(OC(C)=O)CC(=O)OC1C(=O)O. The highest BCUT2D eigenvalue weighted by Crippen LogP contribution is 2.32. The lowest BCUT2D eigenvalue weighted by Gasteiger charge is -2.27. The van der Waals surface area contributed by atoms with Gasteiger partial charge in [-0.1, -0.05) is 0 Å². The fraction of sp³-hybridized carbons (Fsp3) is 0.600. The molecular formula is C10H13NO7. The summed E-state index contributed by atoms with van der Waals surface area (Å²) in [4.78, 5) is 45.1. The molecule has 1 amide bonds. The molecule has 18 heavy (non-hydrogen) atoms. The Kier molecular flexibility index (Phi) is 3.89. The molecule has 0 aliphatic carbocycles. The topological polar surface area (TPSA) is 119 Å². The van der Waals surface area contributed by atoms with Gasteiger partial charge in [-0.05, 0) is 6.92 Å². The zero-order chi connectivity index (χ0) is 13.9. The van der Waals surface area contributed by atoms with Crippen LogP contribution in [0.25, 0.3) is 0 Å². The van der Waals surface area contributed by atoms with Crippen molar-refractivity contribution in [1.29, 1.82) is 0 Å². The highest BCUT2D eigenvalue weighted by Gasteiger charge is 2.61. The quantitative estimate of drug-likeness (QED) is 0.610. The Bertz CT molecular complexity index is 405. The van der Waals surface area contributed by atoms with E-state index in [-0.39, 0.29) is 6.54 Å². The normalized spacial score (nSPS) is 26.3. The predicted molar refractivity (Wildman–Crippen MR) is 55.3 cm³/mol. The lowest BCUT2D eigenvalue weighted by atomic mass is 9.93. The summed E-state index contributed by atoms with van der Waals surface area (Å²) in [5, 5.41) is 11.3. The number of rotatable bonds is 4. The number of cyclic esters (lactones) is 1. The van der Waals surface area contributed by atoms with E-state index < -0.39 is 41.9 Å². The number of carboxylic acid groups (broad SMARTS) is 1. The average molecular weight is 259 g/mol. The zero-order valence-corrected chi connectivity index (χ0v) is 9.89. The van der Waals surface area contributed by atoms with Crippen LogP contribution >= 0.6 is 0 Å². The molecule has 2 N–H and O–H groups in total. The maximum Gasteiger partial charge on any atom is 0.349 e. The van der Waals surface area contributed by atoms with Crippen molar-refractivity contribution in [2.45, 2.75) is 32.0 Å². The molecule has 8 heteroatoms. The van der Waals surface area contributed by atoms with E-state index in [9.17, 15) is 19.2 Å². The first-order valence-corrected chi connectivity index (χ1v) is 5.23. The van der Waals surface area contributed by atoms with Crippen LogP contribution in [0.15, 0.2) is 0 Å². The van der Waals surface area contributed by atoms with Gasteiger partial charge in [0.2, 0.25) is 11.7 Å². The van der Waals surface area contributed by atoms with Crippen LogP contribution in [0.4, 0.5) is 0 Å². The zero-order valence-electron chi connectivity index (χ0n) is 9.89. The Hall–Kier alpha value is -2.12. The second kappa shape index (κ2) is 5.03. The van der Waals surface area contributed by atoms with Gasteiger partial charge in [-0.15, -0.1) is 0 Å².